The lowest BCUT2D eigenvalue weighted by molar-refractivity contribution is -0.137. The predicted octanol–water partition coefficient (Wildman–Crippen LogP) is 3.84. The SMILES string of the molecule is CS(=O)(=O)N(CC(=O)N/N=C/c1ccc(OC(=O)c2ccccc2)cc1)c1cccc(C(F)(F)F)c1. The van der Waals surface area contributed by atoms with Crippen LogP contribution in [0.4, 0.5) is 18.9 Å². The fraction of sp³-hybridized carbons (Fsp3) is 0.125. The summed E-state index contributed by atoms with van der Waals surface area (Å²) in [4.78, 5) is 24.3. The molecule has 3 rings (SSSR count). The summed E-state index contributed by atoms with van der Waals surface area (Å²) in [5, 5.41) is 3.73. The number of hydrogen-bond acceptors (Lipinski definition) is 6. The first kappa shape index (κ1) is 26.4. The molecular weight excluding hydrogens is 499 g/mol. The van der Waals surface area contributed by atoms with Gasteiger partial charge in [-0.3, -0.25) is 9.10 Å². The van der Waals surface area contributed by atoms with Crippen LogP contribution in [0.5, 0.6) is 5.75 Å². The van der Waals surface area contributed by atoms with E-state index in [0.29, 0.717) is 21.5 Å². The summed E-state index contributed by atoms with van der Waals surface area (Å²) in [5.41, 5.74) is 1.68. The van der Waals surface area contributed by atoms with Crippen LogP contribution < -0.4 is 14.5 Å². The van der Waals surface area contributed by atoms with E-state index in [-0.39, 0.29) is 11.4 Å². The van der Waals surface area contributed by atoms with Crippen molar-refractivity contribution in [3.8, 4) is 5.75 Å². The van der Waals surface area contributed by atoms with Gasteiger partial charge >= 0.3 is 12.1 Å². The van der Waals surface area contributed by atoms with Crippen molar-refractivity contribution in [3.05, 3.63) is 95.6 Å². The third-order valence-electron chi connectivity index (χ3n) is 4.65. The zero-order chi connectivity index (χ0) is 26.3. The van der Waals surface area contributed by atoms with Crippen LogP contribution in [0.2, 0.25) is 0 Å². The predicted molar refractivity (Wildman–Crippen MR) is 127 cm³/mol. The van der Waals surface area contributed by atoms with Crippen molar-refractivity contribution >= 4 is 33.8 Å². The molecule has 0 aromatic heterocycles. The van der Waals surface area contributed by atoms with Gasteiger partial charge in [-0.15, -0.1) is 0 Å². The van der Waals surface area contributed by atoms with Crippen molar-refractivity contribution in [1.29, 1.82) is 0 Å². The maximum atomic E-state index is 13.0. The molecule has 0 saturated carbocycles. The van der Waals surface area contributed by atoms with Crippen molar-refractivity contribution < 1.29 is 35.9 Å². The Bertz CT molecular complexity index is 1360. The molecule has 0 heterocycles. The Kier molecular flexibility index (Phi) is 8.10. The molecule has 0 bridgehead atoms. The third-order valence-corrected chi connectivity index (χ3v) is 5.79. The van der Waals surface area contributed by atoms with Gasteiger partial charge in [0.1, 0.15) is 12.3 Å². The van der Waals surface area contributed by atoms with Crippen molar-refractivity contribution in [1.82, 2.24) is 5.43 Å². The van der Waals surface area contributed by atoms with E-state index in [2.05, 4.69) is 10.5 Å². The van der Waals surface area contributed by atoms with Crippen LogP contribution >= 0.6 is 0 Å². The van der Waals surface area contributed by atoms with E-state index in [4.69, 9.17) is 4.74 Å². The number of halogens is 3. The van der Waals surface area contributed by atoms with Gasteiger partial charge in [0, 0.05) is 0 Å². The number of esters is 1. The summed E-state index contributed by atoms with van der Waals surface area (Å²) >= 11 is 0. The Hall–Kier alpha value is -4.19. The third kappa shape index (κ3) is 7.40. The lowest BCUT2D eigenvalue weighted by Crippen LogP contribution is -2.39. The molecule has 36 heavy (non-hydrogen) atoms. The number of carbonyl (C=O) groups excluding carboxylic acids is 2. The van der Waals surface area contributed by atoms with Crippen molar-refractivity contribution in [2.24, 2.45) is 5.10 Å². The number of sulfonamides is 1. The minimum absolute atomic E-state index is 0.287. The highest BCUT2D eigenvalue weighted by Gasteiger charge is 2.32. The van der Waals surface area contributed by atoms with Gasteiger partial charge in [-0.25, -0.2) is 18.6 Å². The number of rotatable bonds is 8. The number of amides is 1. The number of hydrogen-bond donors (Lipinski definition) is 1. The Morgan fingerprint density at radius 1 is 1.00 bits per heavy atom. The highest BCUT2D eigenvalue weighted by atomic mass is 32.2. The quantitative estimate of drug-likeness (QED) is 0.211. The summed E-state index contributed by atoms with van der Waals surface area (Å²) in [6.45, 7) is -0.786. The molecule has 0 spiro atoms. The van der Waals surface area contributed by atoms with Gasteiger partial charge < -0.3 is 4.74 Å². The molecule has 188 valence electrons. The van der Waals surface area contributed by atoms with E-state index in [0.717, 1.165) is 24.5 Å². The Balaban J connectivity index is 1.61. The second-order valence-electron chi connectivity index (χ2n) is 7.44. The van der Waals surface area contributed by atoms with Crippen LogP contribution in [0.25, 0.3) is 0 Å². The van der Waals surface area contributed by atoms with E-state index < -0.39 is 40.2 Å². The lowest BCUT2D eigenvalue weighted by Gasteiger charge is -2.22. The molecule has 0 fully saturated rings. The van der Waals surface area contributed by atoms with Crippen molar-refractivity contribution in [2.45, 2.75) is 6.18 Å². The molecule has 3 aromatic carbocycles. The van der Waals surface area contributed by atoms with Gasteiger partial charge in [-0.1, -0.05) is 24.3 Å². The summed E-state index contributed by atoms with van der Waals surface area (Å²) in [5.74, 6) is -1.11. The average molecular weight is 520 g/mol. The zero-order valence-corrected chi connectivity index (χ0v) is 19.6. The molecule has 0 unspecified atom stereocenters. The van der Waals surface area contributed by atoms with Gasteiger partial charge in [-0.2, -0.15) is 18.3 Å². The summed E-state index contributed by atoms with van der Waals surface area (Å²) in [6.07, 6.45) is -2.65. The second-order valence-corrected chi connectivity index (χ2v) is 9.34. The number of ether oxygens (including phenoxy) is 1. The van der Waals surface area contributed by atoms with Gasteiger partial charge in [-0.05, 0) is 60.2 Å². The van der Waals surface area contributed by atoms with E-state index in [1.807, 2.05) is 0 Å². The van der Waals surface area contributed by atoms with Crippen LogP contribution in [0.3, 0.4) is 0 Å². The molecule has 0 aliphatic heterocycles. The van der Waals surface area contributed by atoms with Crippen molar-refractivity contribution in [3.63, 3.8) is 0 Å². The Labute approximate surface area is 205 Å². The number of nitrogens with zero attached hydrogens (tertiary/aromatic N) is 2. The molecule has 1 N–H and O–H groups in total. The lowest BCUT2D eigenvalue weighted by atomic mass is 10.2. The summed E-state index contributed by atoms with van der Waals surface area (Å²) < 4.78 is 69.0. The molecule has 8 nitrogen and oxygen atoms in total. The number of benzene rings is 3. The fourth-order valence-electron chi connectivity index (χ4n) is 2.94. The van der Waals surface area contributed by atoms with Gasteiger partial charge in [0.05, 0.1) is 29.3 Å². The van der Waals surface area contributed by atoms with E-state index in [1.165, 1.54) is 18.3 Å². The molecule has 1 amide bonds. The van der Waals surface area contributed by atoms with E-state index in [9.17, 15) is 31.2 Å². The number of alkyl halides is 3. The smallest absolute Gasteiger partial charge is 0.416 e. The van der Waals surface area contributed by atoms with Crippen LogP contribution in [-0.2, 0) is 21.0 Å². The van der Waals surface area contributed by atoms with Crippen molar-refractivity contribution in [2.75, 3.05) is 17.1 Å². The molecule has 0 saturated heterocycles. The minimum atomic E-state index is -4.68. The number of carbonyl (C=O) groups is 2. The van der Waals surface area contributed by atoms with E-state index in [1.54, 1.807) is 42.5 Å². The van der Waals surface area contributed by atoms with E-state index >= 15 is 0 Å². The summed E-state index contributed by atoms with van der Waals surface area (Å²) in [7, 11) is -4.08. The van der Waals surface area contributed by atoms with Crippen LogP contribution in [0.1, 0.15) is 21.5 Å². The first-order valence-electron chi connectivity index (χ1n) is 10.3. The molecule has 3 aromatic rings. The van der Waals surface area contributed by atoms with Gasteiger partial charge in [0.2, 0.25) is 10.0 Å². The fourth-order valence-corrected chi connectivity index (χ4v) is 3.79. The first-order chi connectivity index (χ1) is 16.9. The Morgan fingerprint density at radius 3 is 2.28 bits per heavy atom. The van der Waals surface area contributed by atoms with Crippen LogP contribution in [0, 0.1) is 0 Å². The molecular formula is C24H20F3N3O5S. The maximum absolute atomic E-state index is 13.0. The molecule has 0 radical (unpaired) electrons. The highest BCUT2D eigenvalue weighted by molar-refractivity contribution is 7.92. The highest BCUT2D eigenvalue weighted by Crippen LogP contribution is 2.32. The number of anilines is 1. The average Bonchev–Trinajstić information content (AvgIpc) is 2.83. The van der Waals surface area contributed by atoms with Gasteiger partial charge in [0.25, 0.3) is 5.91 Å². The molecule has 0 aliphatic carbocycles. The molecule has 12 heteroatoms. The van der Waals surface area contributed by atoms with Crippen LogP contribution in [-0.4, -0.2) is 39.3 Å². The second kappa shape index (κ2) is 11.0. The molecule has 0 atom stereocenters. The first-order valence-corrected chi connectivity index (χ1v) is 12.1. The normalized spacial score (nSPS) is 11.8. The number of hydrazone groups is 1. The molecule has 0 aliphatic rings. The maximum Gasteiger partial charge on any atom is 0.416 e. The topological polar surface area (TPSA) is 105 Å². The number of nitrogens with one attached hydrogen (secondary N) is 1. The minimum Gasteiger partial charge on any atom is -0.423 e. The largest absolute Gasteiger partial charge is 0.423 e. The standard InChI is InChI=1S/C24H20F3N3O5S/c1-36(33,34)30(20-9-5-8-19(14-20)24(25,26)27)16-22(31)29-28-15-17-10-12-21(13-11-17)35-23(32)18-6-3-2-4-7-18/h2-15H,16H2,1H3,(H,29,31)/b28-15+. The van der Waals surface area contributed by atoms with Crippen LogP contribution in [0.15, 0.2) is 84.0 Å². The summed E-state index contributed by atoms with van der Waals surface area (Å²) in [6, 6.07) is 18.2. The van der Waals surface area contributed by atoms with Gasteiger partial charge in [0.15, 0.2) is 0 Å². The Morgan fingerprint density at radius 2 is 1.67 bits per heavy atom. The zero-order valence-electron chi connectivity index (χ0n) is 18.8. The monoisotopic (exact) mass is 519 g/mol.